The molecule has 0 radical (unpaired) electrons. The molecule has 6 nitrogen and oxygen atoms in total. The average molecular weight is 331 g/mol. The number of carboxylic acids is 1. The molecule has 0 aromatic heterocycles. The second-order valence-electron chi connectivity index (χ2n) is 5.64. The highest BCUT2D eigenvalue weighted by Crippen LogP contribution is 2.46. The largest absolute Gasteiger partial charge is 0.481 e. The van der Waals surface area contributed by atoms with Gasteiger partial charge >= 0.3 is 12.1 Å². The number of hydrogen-bond donors (Lipinski definition) is 1. The lowest BCUT2D eigenvalue weighted by atomic mass is 9.86. The van der Waals surface area contributed by atoms with Crippen LogP contribution in [0.2, 0.25) is 0 Å². The van der Waals surface area contributed by atoms with E-state index in [-0.39, 0.29) is 0 Å². The average Bonchev–Trinajstić information content (AvgIpc) is 2.71. The Hall–Kier alpha value is -1.32. The van der Waals surface area contributed by atoms with Crippen molar-refractivity contribution < 1.29 is 36.3 Å². The van der Waals surface area contributed by atoms with E-state index in [1.54, 1.807) is 0 Å². The molecule has 0 spiro atoms. The van der Waals surface area contributed by atoms with Gasteiger partial charge in [0.15, 0.2) is 15.3 Å². The van der Waals surface area contributed by atoms with Crippen LogP contribution >= 0.6 is 0 Å². The molecular formula is C11H16F3NO5S. The molecular weight excluding hydrogens is 315 g/mol. The maximum atomic E-state index is 13.0. The van der Waals surface area contributed by atoms with E-state index in [0.717, 1.165) is 20.1 Å². The van der Waals surface area contributed by atoms with Crippen molar-refractivity contribution in [2.24, 2.45) is 5.41 Å². The normalized spacial score (nSPS) is 24.2. The molecule has 1 atom stereocenters. The first kappa shape index (κ1) is 17.7. The summed E-state index contributed by atoms with van der Waals surface area (Å²) in [6.07, 6.45) is -5.02. The summed E-state index contributed by atoms with van der Waals surface area (Å²) in [7, 11) is -3.85. The SMILES string of the molecule is CC(C)(C(=O)N1CCC(C(=O)O)(C(F)(F)F)C1)S(C)(=O)=O. The van der Waals surface area contributed by atoms with Gasteiger partial charge in [0.25, 0.3) is 0 Å². The van der Waals surface area contributed by atoms with Crippen LogP contribution < -0.4 is 0 Å². The zero-order valence-corrected chi connectivity index (χ0v) is 12.5. The van der Waals surface area contributed by atoms with Crippen molar-refractivity contribution in [2.45, 2.75) is 31.2 Å². The van der Waals surface area contributed by atoms with Gasteiger partial charge in [0.2, 0.25) is 5.91 Å². The lowest BCUT2D eigenvalue weighted by Crippen LogP contribution is -2.52. The Morgan fingerprint density at radius 2 is 1.71 bits per heavy atom. The first-order valence-corrected chi connectivity index (χ1v) is 7.85. The van der Waals surface area contributed by atoms with Gasteiger partial charge in [-0.1, -0.05) is 0 Å². The van der Waals surface area contributed by atoms with E-state index >= 15 is 0 Å². The molecule has 1 aliphatic rings. The van der Waals surface area contributed by atoms with Gasteiger partial charge in [-0.25, -0.2) is 8.42 Å². The molecule has 1 N–H and O–H groups in total. The molecule has 1 fully saturated rings. The van der Waals surface area contributed by atoms with Gasteiger partial charge in [-0.3, -0.25) is 9.59 Å². The number of carbonyl (C=O) groups excluding carboxylic acids is 1. The summed E-state index contributed by atoms with van der Waals surface area (Å²) in [5, 5.41) is 8.89. The first-order valence-electron chi connectivity index (χ1n) is 5.96. The zero-order valence-electron chi connectivity index (χ0n) is 11.7. The molecule has 0 bridgehead atoms. The van der Waals surface area contributed by atoms with Crippen LogP contribution in [0.4, 0.5) is 13.2 Å². The Morgan fingerprint density at radius 1 is 1.24 bits per heavy atom. The predicted octanol–water partition coefficient (Wildman–Crippen LogP) is 0.675. The van der Waals surface area contributed by atoms with Crippen LogP contribution in [0.3, 0.4) is 0 Å². The summed E-state index contributed by atoms with van der Waals surface area (Å²) < 4.78 is 60.2. The summed E-state index contributed by atoms with van der Waals surface area (Å²) in [5.74, 6) is -3.10. The van der Waals surface area contributed by atoms with E-state index in [4.69, 9.17) is 5.11 Å². The lowest BCUT2D eigenvalue weighted by Gasteiger charge is -2.30. The Balaban J connectivity index is 3.13. The number of carbonyl (C=O) groups is 2. The van der Waals surface area contributed by atoms with E-state index < -0.39 is 57.6 Å². The van der Waals surface area contributed by atoms with Gasteiger partial charge in [-0.05, 0) is 20.3 Å². The molecule has 0 aromatic carbocycles. The molecule has 0 aromatic rings. The third kappa shape index (κ3) is 2.72. The van der Waals surface area contributed by atoms with Crippen LogP contribution in [0.5, 0.6) is 0 Å². The minimum atomic E-state index is -5.02. The molecule has 0 saturated carbocycles. The number of carboxylic acid groups (broad SMARTS) is 1. The smallest absolute Gasteiger partial charge is 0.406 e. The van der Waals surface area contributed by atoms with Gasteiger partial charge in [0.05, 0.1) is 0 Å². The van der Waals surface area contributed by atoms with E-state index in [9.17, 15) is 31.2 Å². The summed E-state index contributed by atoms with van der Waals surface area (Å²) >= 11 is 0. The van der Waals surface area contributed by atoms with Crippen LogP contribution in [-0.4, -0.2) is 60.6 Å². The third-order valence-electron chi connectivity index (χ3n) is 3.95. The van der Waals surface area contributed by atoms with Crippen molar-refractivity contribution in [3.05, 3.63) is 0 Å². The van der Waals surface area contributed by atoms with Crippen molar-refractivity contribution in [3.63, 3.8) is 0 Å². The number of hydrogen-bond acceptors (Lipinski definition) is 4. The molecule has 1 heterocycles. The number of amides is 1. The van der Waals surface area contributed by atoms with Crippen molar-refractivity contribution >= 4 is 21.7 Å². The van der Waals surface area contributed by atoms with Crippen LogP contribution in [-0.2, 0) is 19.4 Å². The number of halogens is 3. The number of rotatable bonds is 3. The van der Waals surface area contributed by atoms with Crippen molar-refractivity contribution in [2.75, 3.05) is 19.3 Å². The number of likely N-dealkylation sites (tertiary alicyclic amines) is 1. The Bertz CT molecular complexity index is 569. The van der Waals surface area contributed by atoms with Crippen molar-refractivity contribution in [1.82, 2.24) is 4.90 Å². The Kier molecular flexibility index (Phi) is 4.10. The quantitative estimate of drug-likeness (QED) is 0.821. The summed E-state index contributed by atoms with van der Waals surface area (Å²) in [6, 6.07) is 0. The fourth-order valence-corrected chi connectivity index (χ4v) is 2.50. The minimum absolute atomic E-state index is 0.455. The van der Waals surface area contributed by atoms with Crippen molar-refractivity contribution in [3.8, 4) is 0 Å². The fraction of sp³-hybridized carbons (Fsp3) is 0.818. The second-order valence-corrected chi connectivity index (χ2v) is 8.21. The van der Waals surface area contributed by atoms with Gasteiger partial charge in [0.1, 0.15) is 4.75 Å². The van der Waals surface area contributed by atoms with Crippen LogP contribution in [0.25, 0.3) is 0 Å². The molecule has 1 amide bonds. The highest BCUT2D eigenvalue weighted by molar-refractivity contribution is 7.92. The van der Waals surface area contributed by atoms with Gasteiger partial charge in [-0.15, -0.1) is 0 Å². The van der Waals surface area contributed by atoms with Gasteiger partial charge in [-0.2, -0.15) is 13.2 Å². The summed E-state index contributed by atoms with van der Waals surface area (Å²) in [5.41, 5.74) is -3.05. The molecule has 1 saturated heterocycles. The number of sulfone groups is 1. The van der Waals surface area contributed by atoms with Gasteiger partial charge in [0, 0.05) is 19.3 Å². The number of nitrogens with zero attached hydrogens (tertiary/aromatic N) is 1. The standard InChI is InChI=1S/C11H16F3NO5S/c1-9(2,21(3,19)20)7(16)15-5-4-10(6-15,8(17)18)11(12,13)14/h4-6H2,1-3H3,(H,17,18). The maximum absolute atomic E-state index is 13.0. The number of alkyl halides is 3. The number of aliphatic carboxylic acids is 1. The lowest BCUT2D eigenvalue weighted by molar-refractivity contribution is -0.227. The van der Waals surface area contributed by atoms with E-state index in [1.165, 1.54) is 0 Å². The summed E-state index contributed by atoms with van der Waals surface area (Å²) in [6.45, 7) is 0.630. The Labute approximate surface area is 119 Å². The van der Waals surface area contributed by atoms with Crippen molar-refractivity contribution in [1.29, 1.82) is 0 Å². The molecule has 0 aliphatic carbocycles. The van der Waals surface area contributed by atoms with Gasteiger partial charge < -0.3 is 10.0 Å². The predicted molar refractivity (Wildman–Crippen MR) is 66.2 cm³/mol. The topological polar surface area (TPSA) is 91.8 Å². The third-order valence-corrected chi connectivity index (χ3v) is 5.98. The van der Waals surface area contributed by atoms with E-state index in [0.29, 0.717) is 4.90 Å². The monoisotopic (exact) mass is 331 g/mol. The van der Waals surface area contributed by atoms with Crippen LogP contribution in [0.15, 0.2) is 0 Å². The molecule has 1 rings (SSSR count). The first-order chi connectivity index (χ1) is 9.17. The van der Waals surface area contributed by atoms with E-state index in [2.05, 4.69) is 0 Å². The van der Waals surface area contributed by atoms with Crippen LogP contribution in [0, 0.1) is 5.41 Å². The fourth-order valence-electron chi connectivity index (χ4n) is 2.05. The summed E-state index contributed by atoms with van der Waals surface area (Å²) in [4.78, 5) is 23.8. The molecule has 21 heavy (non-hydrogen) atoms. The highest BCUT2D eigenvalue weighted by atomic mass is 32.2. The van der Waals surface area contributed by atoms with E-state index in [1.807, 2.05) is 0 Å². The molecule has 1 aliphatic heterocycles. The zero-order chi connectivity index (χ0) is 16.9. The highest BCUT2D eigenvalue weighted by Gasteiger charge is 2.65. The van der Waals surface area contributed by atoms with Crippen LogP contribution in [0.1, 0.15) is 20.3 Å². The molecule has 122 valence electrons. The second kappa shape index (κ2) is 4.85. The molecule has 10 heteroatoms. The maximum Gasteiger partial charge on any atom is 0.406 e. The Morgan fingerprint density at radius 3 is 2.00 bits per heavy atom. The molecule has 1 unspecified atom stereocenters. The minimum Gasteiger partial charge on any atom is -0.481 e.